The van der Waals surface area contributed by atoms with Gasteiger partial charge in [0.1, 0.15) is 5.82 Å². The number of β-amino-alcohol motifs (C(OH)–C–C–N with tert-alkyl or cyclic N) is 1. The summed E-state index contributed by atoms with van der Waals surface area (Å²) in [5.74, 6) is 1.01. The summed E-state index contributed by atoms with van der Waals surface area (Å²) in [7, 11) is 0. The number of aromatic nitrogens is 5. The number of hydrogen-bond acceptors (Lipinski definition) is 8. The molecular weight excluding hydrogens is 350 g/mol. The van der Waals surface area contributed by atoms with Crippen molar-refractivity contribution in [1.82, 2.24) is 29.9 Å². The minimum Gasteiger partial charge on any atom is -0.392 e. The fourth-order valence-corrected chi connectivity index (χ4v) is 4.07. The average Bonchev–Trinajstić information content (AvgIpc) is 3.31. The molecule has 4 rings (SSSR count). The van der Waals surface area contributed by atoms with Gasteiger partial charge in [-0.25, -0.2) is 14.6 Å². The largest absolute Gasteiger partial charge is 0.392 e. The van der Waals surface area contributed by atoms with Crippen LogP contribution in [0, 0.1) is 0 Å². The van der Waals surface area contributed by atoms with Gasteiger partial charge in [0, 0.05) is 38.9 Å². The third kappa shape index (κ3) is 3.99. The Bertz CT molecular complexity index is 731. The number of aliphatic hydroxyl groups excluding tert-OH is 1. The van der Waals surface area contributed by atoms with Crippen LogP contribution in [0.5, 0.6) is 0 Å². The van der Waals surface area contributed by atoms with E-state index in [9.17, 15) is 5.11 Å². The Labute approximate surface area is 157 Å². The van der Waals surface area contributed by atoms with Crippen molar-refractivity contribution in [2.24, 2.45) is 0 Å². The molecule has 2 fully saturated rings. The van der Waals surface area contributed by atoms with Crippen LogP contribution in [0.1, 0.15) is 31.0 Å². The van der Waals surface area contributed by atoms with Crippen LogP contribution in [0.2, 0.25) is 0 Å². The molecule has 0 amide bonds. The Hall–Kier alpha value is -1.71. The molecule has 0 unspecified atom stereocenters. The Balaban J connectivity index is 1.33. The lowest BCUT2D eigenvalue weighted by Crippen LogP contribution is -2.35. The molecule has 0 radical (unpaired) electrons. The van der Waals surface area contributed by atoms with Gasteiger partial charge < -0.3 is 10.0 Å². The van der Waals surface area contributed by atoms with E-state index in [0.29, 0.717) is 6.04 Å². The lowest BCUT2D eigenvalue weighted by molar-refractivity contribution is 0.174. The molecule has 2 aromatic heterocycles. The summed E-state index contributed by atoms with van der Waals surface area (Å²) in [6, 6.07) is 2.37. The van der Waals surface area contributed by atoms with Crippen LogP contribution in [-0.4, -0.2) is 73.5 Å². The molecular formula is C17H25N7OS. The maximum atomic E-state index is 9.64. The Morgan fingerprint density at radius 2 is 2.08 bits per heavy atom. The van der Waals surface area contributed by atoms with E-state index in [0.717, 1.165) is 68.7 Å². The van der Waals surface area contributed by atoms with Gasteiger partial charge in [-0.15, -0.1) is 5.10 Å². The maximum Gasteiger partial charge on any atom is 0.189 e. The molecule has 0 spiro atoms. The number of nitrogens with zero attached hydrogens (tertiary/aromatic N) is 7. The fourth-order valence-electron chi connectivity index (χ4n) is 3.72. The summed E-state index contributed by atoms with van der Waals surface area (Å²) >= 11 is 1.57. The summed E-state index contributed by atoms with van der Waals surface area (Å²) in [5, 5.41) is 19.1. The van der Waals surface area contributed by atoms with Gasteiger partial charge in [-0.3, -0.25) is 4.90 Å². The Morgan fingerprint density at radius 1 is 1.23 bits per heavy atom. The number of rotatable bonds is 5. The SMILES string of the molecule is CSc1nccc(N2CCC(n3cc(CN4CC[C@H](O)C4)nn3)CC2)n1. The number of likely N-dealkylation sites (tertiary alicyclic amines) is 1. The van der Waals surface area contributed by atoms with E-state index in [1.54, 1.807) is 11.8 Å². The molecule has 2 aromatic rings. The zero-order chi connectivity index (χ0) is 17.9. The molecule has 2 aliphatic heterocycles. The quantitative estimate of drug-likeness (QED) is 0.617. The van der Waals surface area contributed by atoms with Crippen molar-refractivity contribution in [1.29, 1.82) is 0 Å². The standard InChI is InChI=1S/C17H25N7OS/c1-26-17-18-6-2-16(19-17)23-8-3-14(4-9-23)24-11-13(20-21-24)10-22-7-5-15(25)12-22/h2,6,11,14-15,25H,3-5,7-10,12H2,1H3/t15-/m0/s1. The van der Waals surface area contributed by atoms with E-state index in [1.165, 1.54) is 0 Å². The molecule has 140 valence electrons. The van der Waals surface area contributed by atoms with Crippen molar-refractivity contribution in [2.75, 3.05) is 37.3 Å². The first-order valence-electron chi connectivity index (χ1n) is 9.14. The molecule has 1 N–H and O–H groups in total. The summed E-state index contributed by atoms with van der Waals surface area (Å²) in [4.78, 5) is 13.4. The van der Waals surface area contributed by atoms with E-state index in [-0.39, 0.29) is 6.10 Å². The molecule has 0 saturated carbocycles. The van der Waals surface area contributed by atoms with Crippen LogP contribution in [-0.2, 0) is 6.54 Å². The molecule has 2 aliphatic rings. The van der Waals surface area contributed by atoms with Gasteiger partial charge in [0.2, 0.25) is 0 Å². The lowest BCUT2D eigenvalue weighted by atomic mass is 10.1. The second-order valence-corrected chi connectivity index (χ2v) is 7.76. The van der Waals surface area contributed by atoms with Crippen molar-refractivity contribution < 1.29 is 5.11 Å². The highest BCUT2D eigenvalue weighted by Crippen LogP contribution is 2.26. The Morgan fingerprint density at radius 3 is 2.81 bits per heavy atom. The molecule has 0 aliphatic carbocycles. The monoisotopic (exact) mass is 375 g/mol. The van der Waals surface area contributed by atoms with Crippen LogP contribution in [0.15, 0.2) is 23.6 Å². The molecule has 2 saturated heterocycles. The topological polar surface area (TPSA) is 83.2 Å². The molecule has 9 heteroatoms. The number of aliphatic hydroxyl groups is 1. The van der Waals surface area contributed by atoms with E-state index >= 15 is 0 Å². The molecule has 1 atom stereocenters. The summed E-state index contributed by atoms with van der Waals surface area (Å²) in [5.41, 5.74) is 0.988. The van der Waals surface area contributed by atoms with Crippen LogP contribution in [0.3, 0.4) is 0 Å². The fraction of sp³-hybridized carbons (Fsp3) is 0.647. The van der Waals surface area contributed by atoms with Crippen molar-refractivity contribution in [3.05, 3.63) is 24.2 Å². The highest BCUT2D eigenvalue weighted by molar-refractivity contribution is 7.98. The summed E-state index contributed by atoms with van der Waals surface area (Å²) in [6.45, 7) is 4.37. The van der Waals surface area contributed by atoms with Crippen molar-refractivity contribution in [3.8, 4) is 0 Å². The lowest BCUT2D eigenvalue weighted by Gasteiger charge is -2.32. The zero-order valence-corrected chi connectivity index (χ0v) is 15.8. The van der Waals surface area contributed by atoms with Gasteiger partial charge in [0.05, 0.1) is 24.0 Å². The molecule has 4 heterocycles. The third-order valence-electron chi connectivity index (χ3n) is 5.15. The minimum atomic E-state index is -0.192. The normalized spacial score (nSPS) is 22.2. The zero-order valence-electron chi connectivity index (χ0n) is 15.0. The highest BCUT2D eigenvalue weighted by Gasteiger charge is 2.24. The minimum absolute atomic E-state index is 0.192. The molecule has 0 bridgehead atoms. The first-order chi connectivity index (χ1) is 12.7. The number of anilines is 1. The van der Waals surface area contributed by atoms with Gasteiger partial charge in [-0.1, -0.05) is 17.0 Å². The van der Waals surface area contributed by atoms with Crippen LogP contribution in [0.4, 0.5) is 5.82 Å². The van der Waals surface area contributed by atoms with Gasteiger partial charge in [-0.05, 0) is 31.6 Å². The number of piperidine rings is 1. The molecule has 26 heavy (non-hydrogen) atoms. The summed E-state index contributed by atoms with van der Waals surface area (Å²) in [6.07, 6.45) is 8.63. The molecule has 0 aromatic carbocycles. The average molecular weight is 376 g/mol. The van der Waals surface area contributed by atoms with Gasteiger partial charge in [0.25, 0.3) is 0 Å². The first-order valence-corrected chi connectivity index (χ1v) is 10.4. The highest BCUT2D eigenvalue weighted by atomic mass is 32.2. The number of hydrogen-bond donors (Lipinski definition) is 1. The van der Waals surface area contributed by atoms with E-state index in [2.05, 4.69) is 36.3 Å². The van der Waals surface area contributed by atoms with Crippen molar-refractivity contribution in [2.45, 2.75) is 43.1 Å². The molecule has 8 nitrogen and oxygen atoms in total. The smallest absolute Gasteiger partial charge is 0.189 e. The summed E-state index contributed by atoms with van der Waals surface area (Å²) < 4.78 is 2.02. The van der Waals surface area contributed by atoms with Crippen LogP contribution >= 0.6 is 11.8 Å². The Kier molecular flexibility index (Phi) is 5.37. The predicted molar refractivity (Wildman–Crippen MR) is 100 cm³/mol. The van der Waals surface area contributed by atoms with Gasteiger partial charge >= 0.3 is 0 Å². The third-order valence-corrected chi connectivity index (χ3v) is 5.72. The number of thioether (sulfide) groups is 1. The second-order valence-electron chi connectivity index (χ2n) is 6.99. The van der Waals surface area contributed by atoms with Crippen LogP contribution in [0.25, 0.3) is 0 Å². The maximum absolute atomic E-state index is 9.64. The van der Waals surface area contributed by atoms with Crippen LogP contribution < -0.4 is 4.90 Å². The van der Waals surface area contributed by atoms with Gasteiger partial charge in [-0.2, -0.15) is 0 Å². The first kappa shape index (κ1) is 17.7. The second kappa shape index (κ2) is 7.89. The van der Waals surface area contributed by atoms with E-state index in [1.807, 2.05) is 23.2 Å². The predicted octanol–water partition coefficient (Wildman–Crippen LogP) is 1.20. The van der Waals surface area contributed by atoms with E-state index < -0.39 is 0 Å². The van der Waals surface area contributed by atoms with Gasteiger partial charge in [0.15, 0.2) is 5.16 Å². The van der Waals surface area contributed by atoms with Crippen molar-refractivity contribution in [3.63, 3.8) is 0 Å². The van der Waals surface area contributed by atoms with E-state index in [4.69, 9.17) is 0 Å². The van der Waals surface area contributed by atoms with Crippen molar-refractivity contribution >= 4 is 17.6 Å².